The molecule has 198 valence electrons. The number of hydrogen-bond acceptors (Lipinski definition) is 5. The average molecular weight is 536 g/mol. The number of nitrogens with zero attached hydrogens (tertiary/aromatic N) is 1. The molecular weight excluding hydrogens is 507 g/mol. The van der Waals surface area contributed by atoms with E-state index in [0.717, 1.165) is 23.8 Å². The van der Waals surface area contributed by atoms with Gasteiger partial charge in [0, 0.05) is 18.7 Å². The Balaban J connectivity index is 1.94. The highest BCUT2D eigenvalue weighted by Crippen LogP contribution is 2.34. The predicted molar refractivity (Wildman–Crippen MR) is 133 cm³/mol. The Morgan fingerprint density at radius 2 is 1.68 bits per heavy atom. The van der Waals surface area contributed by atoms with Crippen molar-refractivity contribution in [3.63, 3.8) is 0 Å². The first-order valence-corrected chi connectivity index (χ1v) is 12.9. The number of benzene rings is 3. The molecule has 1 amide bonds. The minimum absolute atomic E-state index is 0.0694. The highest BCUT2D eigenvalue weighted by atomic mass is 32.2. The van der Waals surface area contributed by atoms with E-state index in [-0.39, 0.29) is 29.9 Å². The zero-order valence-electron chi connectivity index (χ0n) is 20.9. The topological polar surface area (TPSA) is 72.9 Å². The van der Waals surface area contributed by atoms with Gasteiger partial charge >= 0.3 is 16.3 Å². The van der Waals surface area contributed by atoms with E-state index in [2.05, 4.69) is 0 Å². The van der Waals surface area contributed by atoms with Gasteiger partial charge in [-0.05, 0) is 60.4 Å². The Morgan fingerprint density at radius 1 is 0.973 bits per heavy atom. The van der Waals surface area contributed by atoms with Crippen LogP contribution in [-0.4, -0.2) is 32.9 Å². The zero-order valence-corrected chi connectivity index (χ0v) is 21.7. The second kappa shape index (κ2) is 11.2. The molecule has 0 N–H and O–H groups in total. The largest absolute Gasteiger partial charge is 0.493 e. The number of amides is 1. The van der Waals surface area contributed by atoms with Gasteiger partial charge < -0.3 is 13.8 Å². The summed E-state index contributed by atoms with van der Waals surface area (Å²) < 4.78 is 75.4. The van der Waals surface area contributed by atoms with Crippen LogP contribution in [0.4, 0.5) is 13.2 Å². The second-order valence-corrected chi connectivity index (χ2v) is 10.5. The fourth-order valence-electron chi connectivity index (χ4n) is 3.74. The van der Waals surface area contributed by atoms with Crippen LogP contribution in [0.1, 0.15) is 40.9 Å². The first-order chi connectivity index (χ1) is 17.3. The van der Waals surface area contributed by atoms with E-state index >= 15 is 0 Å². The summed E-state index contributed by atoms with van der Waals surface area (Å²) in [6, 6.07) is 15.1. The quantitative estimate of drug-likeness (QED) is 0.310. The molecule has 3 aromatic rings. The Labute approximate surface area is 214 Å². The minimum atomic E-state index is -4.72. The summed E-state index contributed by atoms with van der Waals surface area (Å²) >= 11 is 0. The molecule has 0 radical (unpaired) electrons. The van der Waals surface area contributed by atoms with Gasteiger partial charge in [0.2, 0.25) is 0 Å². The number of carbonyl (C=O) groups is 1. The van der Waals surface area contributed by atoms with Gasteiger partial charge in [0.05, 0.1) is 12.7 Å². The van der Waals surface area contributed by atoms with E-state index in [4.69, 9.17) is 8.92 Å². The summed E-state index contributed by atoms with van der Waals surface area (Å²) in [5, 5.41) is 0. The molecule has 0 atom stereocenters. The average Bonchev–Trinajstić information content (AvgIpc) is 2.83. The number of halogens is 3. The smallest absolute Gasteiger partial charge is 0.416 e. The van der Waals surface area contributed by atoms with Crippen LogP contribution >= 0.6 is 0 Å². The Hall–Kier alpha value is -3.53. The van der Waals surface area contributed by atoms with Crippen LogP contribution in [0.25, 0.3) is 0 Å². The number of hydrogen-bond donors (Lipinski definition) is 0. The maximum absolute atomic E-state index is 13.3. The standard InChI is InChI=1S/C27H28F3NO5S/c1-18(2)16-31(26(32)23-11-6-5-8-19(23)3)17-20-12-13-24(35-4)25(14-20)36-37(33,34)22-10-7-9-21(15-22)27(28,29)30/h5-15,18H,16-17H2,1-4H3. The molecule has 0 saturated carbocycles. The number of carbonyl (C=O) groups excluding carboxylic acids is 1. The van der Waals surface area contributed by atoms with Gasteiger partial charge in [-0.1, -0.05) is 44.2 Å². The summed E-state index contributed by atoms with van der Waals surface area (Å²) in [5.74, 6) is -0.157. The summed E-state index contributed by atoms with van der Waals surface area (Å²) in [6.07, 6.45) is -4.72. The summed E-state index contributed by atoms with van der Waals surface area (Å²) in [6.45, 7) is 6.39. The van der Waals surface area contributed by atoms with E-state index in [9.17, 15) is 26.4 Å². The molecule has 0 saturated heterocycles. The molecule has 0 fully saturated rings. The third-order valence-corrected chi connectivity index (χ3v) is 6.73. The van der Waals surface area contributed by atoms with Crippen molar-refractivity contribution in [1.82, 2.24) is 4.90 Å². The predicted octanol–water partition coefficient (Wildman–Crippen LogP) is 6.09. The fourth-order valence-corrected chi connectivity index (χ4v) is 4.72. The third kappa shape index (κ3) is 7.03. The van der Waals surface area contributed by atoms with E-state index in [0.29, 0.717) is 23.7 Å². The Bertz CT molecular complexity index is 1370. The molecule has 10 heteroatoms. The molecule has 0 unspecified atom stereocenters. The van der Waals surface area contributed by atoms with Crippen LogP contribution in [0, 0.1) is 12.8 Å². The van der Waals surface area contributed by atoms with Crippen LogP contribution in [0.2, 0.25) is 0 Å². The van der Waals surface area contributed by atoms with Crippen molar-refractivity contribution in [1.29, 1.82) is 0 Å². The molecule has 0 aliphatic rings. The highest BCUT2D eigenvalue weighted by molar-refractivity contribution is 7.87. The molecule has 3 rings (SSSR count). The van der Waals surface area contributed by atoms with E-state index in [1.807, 2.05) is 32.9 Å². The van der Waals surface area contributed by atoms with Gasteiger partial charge in [0.15, 0.2) is 11.5 Å². The van der Waals surface area contributed by atoms with Gasteiger partial charge in [-0.25, -0.2) is 0 Å². The molecule has 0 aromatic heterocycles. The van der Waals surface area contributed by atoms with Crippen LogP contribution < -0.4 is 8.92 Å². The summed E-state index contributed by atoms with van der Waals surface area (Å²) in [4.78, 5) is 14.3. The lowest BCUT2D eigenvalue weighted by Gasteiger charge is -2.26. The SMILES string of the molecule is COc1ccc(CN(CC(C)C)C(=O)c2ccccc2C)cc1OS(=O)(=O)c1cccc(C(F)(F)F)c1. The Kier molecular flexibility index (Phi) is 8.53. The van der Waals surface area contributed by atoms with E-state index in [1.54, 1.807) is 23.1 Å². The van der Waals surface area contributed by atoms with Gasteiger partial charge in [-0.3, -0.25) is 4.79 Å². The normalized spacial score (nSPS) is 11.9. The van der Waals surface area contributed by atoms with Crippen molar-refractivity contribution in [3.8, 4) is 11.5 Å². The first kappa shape index (κ1) is 28.0. The van der Waals surface area contributed by atoms with Gasteiger partial charge in [-0.15, -0.1) is 0 Å². The lowest BCUT2D eigenvalue weighted by molar-refractivity contribution is -0.137. The van der Waals surface area contributed by atoms with Crippen molar-refractivity contribution in [2.24, 2.45) is 5.92 Å². The molecule has 0 spiro atoms. The highest BCUT2D eigenvalue weighted by Gasteiger charge is 2.32. The maximum Gasteiger partial charge on any atom is 0.416 e. The van der Waals surface area contributed by atoms with Crippen molar-refractivity contribution in [3.05, 3.63) is 89.0 Å². The van der Waals surface area contributed by atoms with Crippen LogP contribution in [0.15, 0.2) is 71.6 Å². The van der Waals surface area contributed by atoms with Crippen LogP contribution in [-0.2, 0) is 22.8 Å². The number of rotatable bonds is 9. The van der Waals surface area contributed by atoms with E-state index in [1.165, 1.54) is 19.2 Å². The lowest BCUT2D eigenvalue weighted by atomic mass is 10.1. The molecular formula is C27H28F3NO5S. The molecule has 0 aliphatic heterocycles. The monoisotopic (exact) mass is 535 g/mol. The third-order valence-electron chi connectivity index (χ3n) is 5.50. The molecule has 0 heterocycles. The first-order valence-electron chi connectivity index (χ1n) is 11.5. The molecule has 37 heavy (non-hydrogen) atoms. The van der Waals surface area contributed by atoms with Gasteiger partial charge in [0.1, 0.15) is 4.90 Å². The summed E-state index contributed by atoms with van der Waals surface area (Å²) in [7, 11) is -3.31. The number of methoxy groups -OCH3 is 1. The van der Waals surface area contributed by atoms with Crippen LogP contribution in [0.5, 0.6) is 11.5 Å². The lowest BCUT2D eigenvalue weighted by Crippen LogP contribution is -2.34. The minimum Gasteiger partial charge on any atom is -0.493 e. The number of alkyl halides is 3. The number of aryl methyl sites for hydroxylation is 1. The van der Waals surface area contributed by atoms with Crippen LogP contribution in [0.3, 0.4) is 0 Å². The maximum atomic E-state index is 13.3. The Morgan fingerprint density at radius 3 is 2.30 bits per heavy atom. The van der Waals surface area contributed by atoms with Gasteiger partial charge in [-0.2, -0.15) is 21.6 Å². The van der Waals surface area contributed by atoms with Gasteiger partial charge in [0.25, 0.3) is 5.91 Å². The van der Waals surface area contributed by atoms with Crippen molar-refractivity contribution < 1.29 is 35.3 Å². The summed E-state index contributed by atoms with van der Waals surface area (Å²) in [5.41, 5.74) is 0.821. The van der Waals surface area contributed by atoms with Crippen molar-refractivity contribution >= 4 is 16.0 Å². The van der Waals surface area contributed by atoms with E-state index < -0.39 is 26.8 Å². The molecule has 3 aromatic carbocycles. The second-order valence-electron chi connectivity index (χ2n) is 8.94. The molecule has 0 aliphatic carbocycles. The molecule has 0 bridgehead atoms. The van der Waals surface area contributed by atoms with Crippen molar-refractivity contribution in [2.75, 3.05) is 13.7 Å². The molecule has 6 nitrogen and oxygen atoms in total. The van der Waals surface area contributed by atoms with Crippen molar-refractivity contribution in [2.45, 2.75) is 38.4 Å². The fraction of sp³-hybridized carbons (Fsp3) is 0.296. The zero-order chi connectivity index (χ0) is 27.4. The number of ether oxygens (including phenoxy) is 1.